The van der Waals surface area contributed by atoms with Crippen LogP contribution >= 0.6 is 0 Å². The SMILES string of the molecule is CN1C2=CC(OCCC3CCCC3)=NCN2CC1(C)C. The molecule has 0 spiro atoms. The molecule has 2 heterocycles. The van der Waals surface area contributed by atoms with Crippen LogP contribution in [0.3, 0.4) is 0 Å². The summed E-state index contributed by atoms with van der Waals surface area (Å²) in [5, 5.41) is 0. The lowest BCUT2D eigenvalue weighted by atomic mass is 10.1. The first-order valence-corrected chi connectivity index (χ1v) is 7.94. The Morgan fingerprint density at radius 3 is 2.85 bits per heavy atom. The first-order valence-electron chi connectivity index (χ1n) is 7.94. The fourth-order valence-corrected chi connectivity index (χ4v) is 3.51. The summed E-state index contributed by atoms with van der Waals surface area (Å²) in [6, 6.07) is 0. The Morgan fingerprint density at radius 2 is 2.10 bits per heavy atom. The molecule has 1 aliphatic carbocycles. The molecule has 3 rings (SSSR count). The van der Waals surface area contributed by atoms with Gasteiger partial charge in [0.05, 0.1) is 12.1 Å². The van der Waals surface area contributed by atoms with E-state index in [1.54, 1.807) is 0 Å². The van der Waals surface area contributed by atoms with Crippen molar-refractivity contribution in [2.45, 2.75) is 51.5 Å². The molecule has 0 aromatic heterocycles. The Bertz CT molecular complexity index is 421. The summed E-state index contributed by atoms with van der Waals surface area (Å²) in [4.78, 5) is 9.21. The number of hydrogen-bond donors (Lipinski definition) is 0. The molecule has 3 aliphatic rings. The van der Waals surface area contributed by atoms with E-state index in [9.17, 15) is 0 Å². The Balaban J connectivity index is 1.54. The molecule has 0 N–H and O–H groups in total. The first kappa shape index (κ1) is 13.8. The van der Waals surface area contributed by atoms with E-state index in [4.69, 9.17) is 4.74 Å². The smallest absolute Gasteiger partial charge is 0.214 e. The van der Waals surface area contributed by atoms with E-state index in [1.165, 1.54) is 37.9 Å². The molecule has 20 heavy (non-hydrogen) atoms. The Labute approximate surface area is 122 Å². The van der Waals surface area contributed by atoms with Gasteiger partial charge in [0, 0.05) is 19.7 Å². The van der Waals surface area contributed by atoms with Gasteiger partial charge in [-0.3, -0.25) is 0 Å². The van der Waals surface area contributed by atoms with Gasteiger partial charge in [-0.25, -0.2) is 4.99 Å². The number of nitrogens with zero attached hydrogens (tertiary/aromatic N) is 3. The molecule has 0 unspecified atom stereocenters. The third kappa shape index (κ3) is 2.65. The van der Waals surface area contributed by atoms with Gasteiger partial charge in [0.25, 0.3) is 0 Å². The number of ether oxygens (including phenoxy) is 1. The van der Waals surface area contributed by atoms with Gasteiger partial charge < -0.3 is 14.5 Å². The van der Waals surface area contributed by atoms with Gasteiger partial charge in [-0.05, 0) is 26.2 Å². The van der Waals surface area contributed by atoms with Crippen LogP contribution in [0.5, 0.6) is 0 Å². The topological polar surface area (TPSA) is 28.1 Å². The minimum atomic E-state index is 0.181. The minimum Gasteiger partial charge on any atom is -0.478 e. The molecular weight excluding hydrogens is 250 g/mol. The Morgan fingerprint density at radius 1 is 1.35 bits per heavy atom. The van der Waals surface area contributed by atoms with Crippen molar-refractivity contribution in [3.05, 3.63) is 11.9 Å². The minimum absolute atomic E-state index is 0.181. The van der Waals surface area contributed by atoms with E-state index in [-0.39, 0.29) is 5.54 Å². The summed E-state index contributed by atoms with van der Waals surface area (Å²) in [6.45, 7) is 7.13. The maximum Gasteiger partial charge on any atom is 0.214 e. The third-order valence-electron chi connectivity index (χ3n) is 5.05. The summed E-state index contributed by atoms with van der Waals surface area (Å²) >= 11 is 0. The zero-order valence-corrected chi connectivity index (χ0v) is 13.1. The maximum atomic E-state index is 5.89. The molecule has 0 amide bonds. The van der Waals surface area contributed by atoms with Crippen LogP contribution in [-0.2, 0) is 4.74 Å². The van der Waals surface area contributed by atoms with Crippen molar-refractivity contribution in [2.75, 3.05) is 26.9 Å². The van der Waals surface area contributed by atoms with Gasteiger partial charge in [-0.1, -0.05) is 25.7 Å². The molecule has 2 aliphatic heterocycles. The second-order valence-corrected chi connectivity index (χ2v) is 7.00. The predicted molar refractivity (Wildman–Crippen MR) is 81.5 cm³/mol. The van der Waals surface area contributed by atoms with Crippen molar-refractivity contribution in [3.63, 3.8) is 0 Å². The highest BCUT2D eigenvalue weighted by Crippen LogP contribution is 2.32. The highest BCUT2D eigenvalue weighted by atomic mass is 16.5. The van der Waals surface area contributed by atoms with Crippen LogP contribution in [0.2, 0.25) is 0 Å². The van der Waals surface area contributed by atoms with Crippen molar-refractivity contribution >= 4 is 5.90 Å². The zero-order chi connectivity index (χ0) is 14.2. The molecule has 0 aromatic carbocycles. The Hall–Kier alpha value is -1.19. The molecule has 0 radical (unpaired) electrons. The van der Waals surface area contributed by atoms with E-state index in [2.05, 4.69) is 41.8 Å². The summed E-state index contributed by atoms with van der Waals surface area (Å²) in [7, 11) is 2.16. The van der Waals surface area contributed by atoms with Crippen LogP contribution in [0, 0.1) is 5.92 Å². The number of likely N-dealkylation sites (N-methyl/N-ethyl adjacent to an activating group) is 1. The Kier molecular flexibility index (Phi) is 3.65. The average Bonchev–Trinajstić information content (AvgIpc) is 2.99. The summed E-state index contributed by atoms with van der Waals surface area (Å²) in [5.74, 6) is 2.95. The van der Waals surface area contributed by atoms with Crippen LogP contribution in [-0.4, -0.2) is 48.1 Å². The predicted octanol–water partition coefficient (Wildman–Crippen LogP) is 2.82. The second-order valence-electron chi connectivity index (χ2n) is 7.00. The quantitative estimate of drug-likeness (QED) is 0.794. The van der Waals surface area contributed by atoms with E-state index < -0.39 is 0 Å². The third-order valence-corrected chi connectivity index (χ3v) is 5.05. The number of hydrogen-bond acceptors (Lipinski definition) is 4. The molecule has 1 saturated heterocycles. The lowest BCUT2D eigenvalue weighted by molar-refractivity contribution is 0.256. The van der Waals surface area contributed by atoms with Crippen LogP contribution in [0.15, 0.2) is 16.9 Å². The lowest BCUT2D eigenvalue weighted by Crippen LogP contribution is -2.36. The normalized spacial score (nSPS) is 25.6. The molecule has 1 saturated carbocycles. The number of aliphatic imine (C=N–C) groups is 1. The molecule has 0 atom stereocenters. The van der Waals surface area contributed by atoms with E-state index in [1.807, 2.05) is 0 Å². The average molecular weight is 277 g/mol. The molecular formula is C16H27N3O. The summed E-state index contributed by atoms with van der Waals surface area (Å²) < 4.78 is 5.89. The molecule has 112 valence electrons. The van der Waals surface area contributed by atoms with E-state index in [0.717, 1.165) is 31.6 Å². The lowest BCUT2D eigenvalue weighted by Gasteiger charge is -2.28. The van der Waals surface area contributed by atoms with Crippen molar-refractivity contribution < 1.29 is 4.74 Å². The summed E-state index contributed by atoms with van der Waals surface area (Å²) in [5.41, 5.74) is 0.181. The highest BCUT2D eigenvalue weighted by Gasteiger charge is 2.38. The first-order chi connectivity index (χ1) is 9.56. The van der Waals surface area contributed by atoms with Gasteiger partial charge in [-0.2, -0.15) is 0 Å². The standard InChI is InChI=1S/C16H27N3O/c1-16(2)11-19-12-17-14(10-15(19)18(16)3)20-9-8-13-6-4-5-7-13/h10,13H,4-9,11-12H2,1-3H3. The van der Waals surface area contributed by atoms with Crippen LogP contribution < -0.4 is 0 Å². The zero-order valence-electron chi connectivity index (χ0n) is 13.1. The second kappa shape index (κ2) is 5.30. The fraction of sp³-hybridized carbons (Fsp3) is 0.812. The van der Waals surface area contributed by atoms with Crippen molar-refractivity contribution in [2.24, 2.45) is 10.9 Å². The van der Waals surface area contributed by atoms with Gasteiger partial charge >= 0.3 is 0 Å². The van der Waals surface area contributed by atoms with Crippen LogP contribution in [0.4, 0.5) is 0 Å². The molecule has 4 nitrogen and oxygen atoms in total. The molecule has 0 bridgehead atoms. The number of fused-ring (bicyclic) bond motifs is 1. The fourth-order valence-electron chi connectivity index (χ4n) is 3.51. The van der Waals surface area contributed by atoms with Gasteiger partial charge in [0.2, 0.25) is 5.90 Å². The number of rotatable bonds is 3. The van der Waals surface area contributed by atoms with Crippen LogP contribution in [0.1, 0.15) is 46.0 Å². The molecule has 0 aromatic rings. The van der Waals surface area contributed by atoms with Crippen molar-refractivity contribution in [3.8, 4) is 0 Å². The highest BCUT2D eigenvalue weighted by molar-refractivity contribution is 5.89. The largest absolute Gasteiger partial charge is 0.478 e. The van der Waals surface area contributed by atoms with Gasteiger partial charge in [0.15, 0.2) is 0 Å². The summed E-state index contributed by atoms with van der Waals surface area (Å²) in [6.07, 6.45) is 8.89. The maximum absolute atomic E-state index is 5.89. The van der Waals surface area contributed by atoms with Gasteiger partial charge in [0.1, 0.15) is 12.5 Å². The van der Waals surface area contributed by atoms with Crippen molar-refractivity contribution in [1.29, 1.82) is 0 Å². The van der Waals surface area contributed by atoms with E-state index in [0.29, 0.717) is 0 Å². The monoisotopic (exact) mass is 277 g/mol. The van der Waals surface area contributed by atoms with E-state index >= 15 is 0 Å². The molecule has 2 fully saturated rings. The molecule has 4 heteroatoms. The van der Waals surface area contributed by atoms with Gasteiger partial charge in [-0.15, -0.1) is 0 Å². The van der Waals surface area contributed by atoms with Crippen LogP contribution in [0.25, 0.3) is 0 Å². The van der Waals surface area contributed by atoms with Crippen molar-refractivity contribution in [1.82, 2.24) is 9.80 Å².